The second kappa shape index (κ2) is 8.27. The van der Waals surface area contributed by atoms with Crippen LogP contribution in [-0.4, -0.2) is 19.2 Å². The van der Waals surface area contributed by atoms with Crippen molar-refractivity contribution in [2.75, 3.05) is 19.5 Å². The van der Waals surface area contributed by atoms with Gasteiger partial charge in [0.2, 0.25) is 0 Å². The lowest BCUT2D eigenvalue weighted by molar-refractivity contribution is 0.375. The highest BCUT2D eigenvalue weighted by Crippen LogP contribution is 2.35. The van der Waals surface area contributed by atoms with Crippen LogP contribution in [0.3, 0.4) is 0 Å². The average Bonchev–Trinajstić information content (AvgIpc) is 3.18. The maximum absolute atomic E-state index is 14.9. The Balaban J connectivity index is 1.73. The van der Waals surface area contributed by atoms with E-state index in [-0.39, 0.29) is 11.8 Å². The first-order valence-corrected chi connectivity index (χ1v) is 9.33. The van der Waals surface area contributed by atoms with Gasteiger partial charge in [0.15, 0.2) is 11.6 Å². The van der Waals surface area contributed by atoms with E-state index in [2.05, 4.69) is 22.8 Å². The number of para-hydroxylation sites is 1. The van der Waals surface area contributed by atoms with E-state index in [9.17, 15) is 4.39 Å². The smallest absolute Gasteiger partial charge is 0.188 e. The molecule has 0 aliphatic heterocycles. The Kier molecular flexibility index (Phi) is 5.38. The number of hydrogen-bond acceptors (Lipinski definition) is 3. The number of halogens is 1. The van der Waals surface area contributed by atoms with Crippen molar-refractivity contribution in [1.82, 2.24) is 4.98 Å². The van der Waals surface area contributed by atoms with Crippen molar-refractivity contribution in [3.8, 4) is 11.5 Å². The van der Waals surface area contributed by atoms with E-state index >= 15 is 0 Å². The van der Waals surface area contributed by atoms with E-state index < -0.39 is 5.82 Å². The zero-order chi connectivity index (χ0) is 20.2. The average molecular weight is 389 g/mol. The van der Waals surface area contributed by atoms with E-state index in [4.69, 9.17) is 9.47 Å². The van der Waals surface area contributed by atoms with Gasteiger partial charge in [0, 0.05) is 35.7 Å². The lowest BCUT2D eigenvalue weighted by atomic mass is 9.98. The molecular formula is C24H22FN2O2. The van der Waals surface area contributed by atoms with Gasteiger partial charge < -0.3 is 19.8 Å². The number of aromatic amines is 1. The summed E-state index contributed by atoms with van der Waals surface area (Å²) in [7, 11) is 2.98. The zero-order valence-electron chi connectivity index (χ0n) is 16.3. The van der Waals surface area contributed by atoms with Crippen LogP contribution >= 0.6 is 0 Å². The minimum atomic E-state index is -0.457. The number of anilines is 1. The molecule has 0 bridgehead atoms. The van der Waals surface area contributed by atoms with Gasteiger partial charge in [0.25, 0.3) is 0 Å². The van der Waals surface area contributed by atoms with Crippen LogP contribution in [0.1, 0.15) is 17.2 Å². The van der Waals surface area contributed by atoms with E-state index in [1.54, 1.807) is 13.2 Å². The van der Waals surface area contributed by atoms with Crippen LogP contribution in [0.5, 0.6) is 11.5 Å². The van der Waals surface area contributed by atoms with Gasteiger partial charge in [0.05, 0.1) is 25.9 Å². The molecule has 1 atom stereocenters. The van der Waals surface area contributed by atoms with Crippen molar-refractivity contribution in [3.63, 3.8) is 0 Å². The predicted molar refractivity (Wildman–Crippen MR) is 114 cm³/mol. The van der Waals surface area contributed by atoms with Crippen molar-refractivity contribution in [2.45, 2.75) is 6.04 Å². The van der Waals surface area contributed by atoms with Crippen LogP contribution in [0, 0.1) is 12.2 Å². The van der Waals surface area contributed by atoms with Crippen LogP contribution in [0.25, 0.3) is 10.9 Å². The molecule has 1 unspecified atom stereocenters. The number of ether oxygens (including phenoxy) is 2. The molecule has 4 rings (SSSR count). The highest BCUT2D eigenvalue weighted by Gasteiger charge is 2.19. The largest absolute Gasteiger partial charge is 0.497 e. The molecule has 29 heavy (non-hydrogen) atoms. The van der Waals surface area contributed by atoms with Crippen molar-refractivity contribution in [2.24, 2.45) is 0 Å². The van der Waals surface area contributed by atoms with Crippen LogP contribution in [-0.2, 0) is 0 Å². The van der Waals surface area contributed by atoms with E-state index in [0.29, 0.717) is 11.4 Å². The molecule has 1 radical (unpaired) electrons. The number of benzene rings is 3. The van der Waals surface area contributed by atoms with Gasteiger partial charge in [0.1, 0.15) is 5.75 Å². The summed E-state index contributed by atoms with van der Waals surface area (Å²) in [6, 6.07) is 20.9. The van der Waals surface area contributed by atoms with Crippen molar-refractivity contribution < 1.29 is 13.9 Å². The molecule has 0 saturated carbocycles. The van der Waals surface area contributed by atoms with Gasteiger partial charge in [-0.1, -0.05) is 48.5 Å². The van der Waals surface area contributed by atoms with Gasteiger partial charge >= 0.3 is 0 Å². The molecule has 5 heteroatoms. The molecule has 3 aromatic carbocycles. The topological polar surface area (TPSA) is 46.3 Å². The third-order valence-corrected chi connectivity index (χ3v) is 4.91. The Morgan fingerprint density at radius 1 is 0.966 bits per heavy atom. The first kappa shape index (κ1) is 18.9. The summed E-state index contributed by atoms with van der Waals surface area (Å²) >= 11 is 0. The first-order valence-electron chi connectivity index (χ1n) is 9.33. The van der Waals surface area contributed by atoms with Gasteiger partial charge in [-0.25, -0.2) is 4.39 Å². The van der Waals surface area contributed by atoms with Crippen LogP contribution in [0.2, 0.25) is 0 Å². The second-order valence-corrected chi connectivity index (χ2v) is 6.68. The summed E-state index contributed by atoms with van der Waals surface area (Å²) in [6.07, 6.45) is 4.05. The second-order valence-electron chi connectivity index (χ2n) is 6.68. The molecule has 4 nitrogen and oxygen atoms in total. The number of H-pyrrole nitrogens is 1. The molecule has 4 aromatic rings. The molecule has 0 fully saturated rings. The standard InChI is InChI=1S/C24H22FN2O2/c1-28-18-13-22(24(25)23(14-18)29-2)27-21(16-8-4-3-5-9-16)12-17-15-26-20-11-7-6-10-19(17)20/h3-15,21,26-27H,1-2H3. The summed E-state index contributed by atoms with van der Waals surface area (Å²) in [5.74, 6) is 0.192. The zero-order valence-corrected chi connectivity index (χ0v) is 16.3. The number of rotatable bonds is 7. The number of aromatic nitrogens is 1. The number of hydrogen-bond donors (Lipinski definition) is 2. The SMILES string of the molecule is COc1cc(NC([CH]c2c[nH]c3ccccc23)c2ccccc2)c(F)c(OC)c1. The van der Waals surface area contributed by atoms with E-state index in [1.165, 1.54) is 13.2 Å². The Morgan fingerprint density at radius 3 is 2.48 bits per heavy atom. The number of nitrogens with one attached hydrogen (secondary N) is 2. The van der Waals surface area contributed by atoms with Crippen LogP contribution in [0.15, 0.2) is 72.9 Å². The van der Waals surface area contributed by atoms with Gasteiger partial charge in [-0.3, -0.25) is 0 Å². The first-order chi connectivity index (χ1) is 14.2. The monoisotopic (exact) mass is 389 g/mol. The fourth-order valence-corrected chi connectivity index (χ4v) is 3.40. The minimum absolute atomic E-state index is 0.130. The van der Waals surface area contributed by atoms with E-state index in [1.807, 2.05) is 54.7 Å². The minimum Gasteiger partial charge on any atom is -0.497 e. The summed E-state index contributed by atoms with van der Waals surface area (Å²) in [5, 5.41) is 4.42. The Labute approximate surface area is 169 Å². The normalized spacial score (nSPS) is 12.0. The molecule has 0 spiro atoms. The highest BCUT2D eigenvalue weighted by molar-refractivity contribution is 5.84. The van der Waals surface area contributed by atoms with E-state index in [0.717, 1.165) is 22.0 Å². The summed E-state index contributed by atoms with van der Waals surface area (Å²) < 4.78 is 25.4. The molecule has 2 N–H and O–H groups in total. The third kappa shape index (κ3) is 3.90. The maximum atomic E-state index is 14.9. The van der Waals surface area contributed by atoms with Crippen LogP contribution < -0.4 is 14.8 Å². The number of methoxy groups -OCH3 is 2. The predicted octanol–water partition coefficient (Wildman–Crippen LogP) is 5.73. The molecule has 1 aromatic heterocycles. The third-order valence-electron chi connectivity index (χ3n) is 4.91. The van der Waals surface area contributed by atoms with Crippen molar-refractivity contribution in [3.05, 3.63) is 96.3 Å². The quantitative estimate of drug-likeness (QED) is 0.424. The Bertz CT molecular complexity index is 1110. The lowest BCUT2D eigenvalue weighted by Crippen LogP contribution is -2.13. The van der Waals surface area contributed by atoms with Crippen molar-refractivity contribution in [1.29, 1.82) is 0 Å². The summed E-state index contributed by atoms with van der Waals surface area (Å²) in [4.78, 5) is 3.28. The van der Waals surface area contributed by atoms with Crippen molar-refractivity contribution >= 4 is 16.6 Å². The molecule has 0 saturated heterocycles. The molecule has 1 heterocycles. The van der Waals surface area contributed by atoms with Gasteiger partial charge in [-0.2, -0.15) is 0 Å². The summed E-state index contributed by atoms with van der Waals surface area (Å²) in [6.45, 7) is 0. The van der Waals surface area contributed by atoms with Gasteiger partial charge in [-0.05, 0) is 17.2 Å². The lowest BCUT2D eigenvalue weighted by Gasteiger charge is -2.21. The highest BCUT2D eigenvalue weighted by atomic mass is 19.1. The Hall–Kier alpha value is -3.47. The molecule has 0 aliphatic carbocycles. The van der Waals surface area contributed by atoms with Crippen LogP contribution in [0.4, 0.5) is 10.1 Å². The summed E-state index contributed by atoms with van der Waals surface area (Å²) in [5.41, 5.74) is 3.42. The van der Waals surface area contributed by atoms with Gasteiger partial charge in [-0.15, -0.1) is 0 Å². The molecule has 147 valence electrons. The molecule has 0 aliphatic rings. The molecular weight excluding hydrogens is 367 g/mol. The molecule has 0 amide bonds. The fourth-order valence-electron chi connectivity index (χ4n) is 3.40. The maximum Gasteiger partial charge on any atom is 0.188 e. The number of fused-ring (bicyclic) bond motifs is 1. The Morgan fingerprint density at radius 2 is 1.72 bits per heavy atom. The fraction of sp³-hybridized carbons (Fsp3) is 0.125.